The van der Waals surface area contributed by atoms with Crippen LogP contribution in [0.15, 0.2) is 48.7 Å². The van der Waals surface area contributed by atoms with Gasteiger partial charge in [-0.2, -0.15) is 13.2 Å². The molecule has 8 nitrogen and oxygen atoms in total. The quantitative estimate of drug-likeness (QED) is 0.368. The first-order valence-electron chi connectivity index (χ1n) is 10.7. The van der Waals surface area contributed by atoms with Gasteiger partial charge in [0.15, 0.2) is 6.10 Å². The number of fused-ring (bicyclic) bond motifs is 3. The van der Waals surface area contributed by atoms with Gasteiger partial charge >= 0.3 is 12.3 Å². The largest absolute Gasteiger partial charge is 0.482 e. The van der Waals surface area contributed by atoms with Crippen LogP contribution in [0.1, 0.15) is 41.5 Å². The fourth-order valence-corrected chi connectivity index (χ4v) is 4.30. The van der Waals surface area contributed by atoms with Crippen LogP contribution in [0.25, 0.3) is 11.0 Å². The Morgan fingerprint density at radius 1 is 1.14 bits per heavy atom. The minimum atomic E-state index is -4.44. The van der Waals surface area contributed by atoms with Crippen molar-refractivity contribution in [2.45, 2.75) is 31.7 Å². The van der Waals surface area contributed by atoms with Crippen molar-refractivity contribution in [2.24, 2.45) is 0 Å². The number of hydrogen-bond donors (Lipinski definition) is 2. The molecule has 0 aliphatic carbocycles. The summed E-state index contributed by atoms with van der Waals surface area (Å²) in [6, 6.07) is 10.5. The van der Waals surface area contributed by atoms with Crippen molar-refractivity contribution in [2.75, 3.05) is 5.32 Å². The van der Waals surface area contributed by atoms with Crippen LogP contribution in [0.5, 0.6) is 17.2 Å². The molecule has 0 radical (unpaired) electrons. The molecule has 4 heterocycles. The van der Waals surface area contributed by atoms with Gasteiger partial charge in [0, 0.05) is 17.7 Å². The van der Waals surface area contributed by atoms with Gasteiger partial charge in [-0.15, -0.1) is 0 Å². The lowest BCUT2D eigenvalue weighted by Crippen LogP contribution is -2.21. The topological polar surface area (TPSA) is 98.4 Å². The number of halogens is 3. The molecule has 1 amide bonds. The molecule has 6 rings (SSSR count). The number of aromatic nitrogens is 3. The summed E-state index contributed by atoms with van der Waals surface area (Å²) >= 11 is 0. The van der Waals surface area contributed by atoms with Crippen LogP contribution in [-0.2, 0) is 17.5 Å². The molecule has 35 heavy (non-hydrogen) atoms. The highest BCUT2D eigenvalue weighted by atomic mass is 19.4. The maximum atomic E-state index is 13.1. The Labute approximate surface area is 196 Å². The second-order valence-electron chi connectivity index (χ2n) is 8.32. The van der Waals surface area contributed by atoms with Gasteiger partial charge in [0.05, 0.1) is 22.2 Å². The third-order valence-corrected chi connectivity index (χ3v) is 6.09. The van der Waals surface area contributed by atoms with Crippen molar-refractivity contribution in [1.82, 2.24) is 15.0 Å². The number of nitrogens with zero attached hydrogens (tertiary/aromatic N) is 2. The first-order valence-corrected chi connectivity index (χ1v) is 10.7. The lowest BCUT2D eigenvalue weighted by atomic mass is 9.97. The summed E-state index contributed by atoms with van der Waals surface area (Å²) in [7, 11) is 0. The number of alkyl halides is 3. The van der Waals surface area contributed by atoms with E-state index >= 15 is 0 Å². The highest BCUT2D eigenvalue weighted by Gasteiger charge is 2.36. The Morgan fingerprint density at radius 2 is 2.00 bits per heavy atom. The summed E-state index contributed by atoms with van der Waals surface area (Å²) in [6.07, 6.45) is -3.98. The summed E-state index contributed by atoms with van der Waals surface area (Å²) < 4.78 is 56.4. The summed E-state index contributed by atoms with van der Waals surface area (Å²) in [5.41, 5.74) is 1.48. The molecular weight excluding hydrogens is 465 g/mol. The van der Waals surface area contributed by atoms with Crippen molar-refractivity contribution in [3.63, 3.8) is 0 Å². The third-order valence-electron chi connectivity index (χ3n) is 6.09. The number of rotatable bonds is 3. The van der Waals surface area contributed by atoms with Gasteiger partial charge in [0.1, 0.15) is 35.5 Å². The number of pyridine rings is 1. The number of H-pyrrole nitrogens is 1. The number of amides is 1. The summed E-state index contributed by atoms with van der Waals surface area (Å²) in [5, 5.41) is 2.54. The third kappa shape index (κ3) is 3.69. The number of hydrogen-bond acceptors (Lipinski definition) is 6. The molecule has 11 heteroatoms. The molecule has 4 aromatic rings. The fraction of sp³-hybridized carbons (Fsp3) is 0.208. The first-order chi connectivity index (χ1) is 16.8. The number of imidazole rings is 1. The van der Waals surface area contributed by atoms with Crippen LogP contribution in [-0.4, -0.2) is 21.0 Å². The molecule has 2 unspecified atom stereocenters. The summed E-state index contributed by atoms with van der Waals surface area (Å²) in [5.74, 6) is 2.36. The van der Waals surface area contributed by atoms with E-state index in [1.165, 1.54) is 12.3 Å². The Bertz CT molecular complexity index is 1480. The predicted molar refractivity (Wildman–Crippen MR) is 117 cm³/mol. The minimum Gasteiger partial charge on any atom is -0.482 e. The second kappa shape index (κ2) is 7.62. The maximum absolute atomic E-state index is 13.1. The van der Waals surface area contributed by atoms with Gasteiger partial charge in [-0.05, 0) is 42.5 Å². The Kier molecular flexibility index (Phi) is 4.63. The molecule has 2 atom stereocenters. The smallest absolute Gasteiger partial charge is 0.416 e. The zero-order chi connectivity index (χ0) is 24.3. The van der Waals surface area contributed by atoms with Crippen molar-refractivity contribution in [1.29, 1.82) is 0 Å². The van der Waals surface area contributed by atoms with Gasteiger partial charge in [0.2, 0.25) is 0 Å². The first kappa shape index (κ1) is 21.3. The van der Waals surface area contributed by atoms with Gasteiger partial charge in [0.25, 0.3) is 0 Å². The Hall–Kier alpha value is -4.28. The molecule has 0 spiro atoms. The molecule has 0 fully saturated rings. The second-order valence-corrected chi connectivity index (χ2v) is 8.32. The van der Waals surface area contributed by atoms with Gasteiger partial charge in [-0.3, -0.25) is 5.32 Å². The highest BCUT2D eigenvalue weighted by molar-refractivity contribution is 5.86. The zero-order valence-corrected chi connectivity index (χ0v) is 18.1. The van der Waals surface area contributed by atoms with Crippen LogP contribution in [0.4, 0.5) is 23.8 Å². The van der Waals surface area contributed by atoms with E-state index in [2.05, 4.69) is 20.3 Å². The SMILES string of the molecule is CC1c2cc(Oc3ccnc4c3COC(=O)N4)ccc2OC1c1nc2ccc(C(F)(F)F)cc2[nH]1. The lowest BCUT2D eigenvalue weighted by Gasteiger charge is -2.19. The van der Waals surface area contributed by atoms with Crippen LogP contribution < -0.4 is 14.8 Å². The number of anilines is 1. The van der Waals surface area contributed by atoms with Crippen molar-refractivity contribution >= 4 is 22.9 Å². The van der Waals surface area contributed by atoms with E-state index < -0.39 is 23.9 Å². The van der Waals surface area contributed by atoms with Gasteiger partial charge < -0.3 is 19.2 Å². The number of ether oxygens (including phenoxy) is 3. The monoisotopic (exact) mass is 482 g/mol. The van der Waals surface area contributed by atoms with Crippen molar-refractivity contribution in [3.8, 4) is 17.2 Å². The van der Waals surface area contributed by atoms with Crippen molar-refractivity contribution in [3.05, 3.63) is 71.2 Å². The van der Waals surface area contributed by atoms with Gasteiger partial charge in [-0.1, -0.05) is 6.92 Å². The molecule has 2 aliphatic heterocycles. The van der Waals surface area contributed by atoms with E-state index in [0.717, 1.165) is 17.7 Å². The van der Waals surface area contributed by atoms with E-state index in [1.807, 2.05) is 13.0 Å². The number of benzene rings is 2. The van der Waals surface area contributed by atoms with Crippen LogP contribution in [0.3, 0.4) is 0 Å². The number of carbonyl (C=O) groups excluding carboxylic acids is 1. The lowest BCUT2D eigenvalue weighted by molar-refractivity contribution is -0.137. The van der Waals surface area contributed by atoms with E-state index in [4.69, 9.17) is 14.2 Å². The standard InChI is InChI=1S/C24H17F3N4O4/c1-11-14-9-13(34-19-6-7-28-21-15(19)10-33-23(32)31-21)3-5-18(14)35-20(11)22-29-16-4-2-12(24(25,26)27)8-17(16)30-22/h2-9,11,20H,10H2,1H3,(H,29,30)(H,28,31,32). The predicted octanol–water partition coefficient (Wildman–Crippen LogP) is 6.07. The maximum Gasteiger partial charge on any atom is 0.416 e. The number of cyclic esters (lactones) is 1. The van der Waals surface area contributed by atoms with Crippen LogP contribution in [0.2, 0.25) is 0 Å². The number of carbonyl (C=O) groups is 1. The molecule has 0 saturated heterocycles. The van der Waals surface area contributed by atoms with E-state index in [9.17, 15) is 18.0 Å². The molecule has 0 saturated carbocycles. The summed E-state index contributed by atoms with van der Waals surface area (Å²) in [6.45, 7) is 1.99. The van der Waals surface area contributed by atoms with E-state index in [1.54, 1.807) is 18.2 Å². The fourth-order valence-electron chi connectivity index (χ4n) is 4.30. The van der Waals surface area contributed by atoms with Crippen molar-refractivity contribution < 1.29 is 32.2 Å². The van der Waals surface area contributed by atoms with E-state index in [0.29, 0.717) is 45.5 Å². The molecule has 2 aliphatic rings. The molecule has 2 N–H and O–H groups in total. The molecule has 178 valence electrons. The normalized spacial score (nSPS) is 18.9. The van der Waals surface area contributed by atoms with Crippen LogP contribution in [0, 0.1) is 0 Å². The molecular formula is C24H17F3N4O4. The number of aromatic amines is 1. The molecule has 2 aromatic carbocycles. The van der Waals surface area contributed by atoms with E-state index in [-0.39, 0.29) is 12.5 Å². The zero-order valence-electron chi connectivity index (χ0n) is 18.1. The highest BCUT2D eigenvalue weighted by Crippen LogP contribution is 2.47. The van der Waals surface area contributed by atoms with Crippen LogP contribution >= 0.6 is 0 Å². The average Bonchev–Trinajstić information content (AvgIpc) is 3.39. The number of nitrogens with one attached hydrogen (secondary N) is 2. The molecule has 2 aromatic heterocycles. The van der Waals surface area contributed by atoms with Gasteiger partial charge in [-0.25, -0.2) is 14.8 Å². The minimum absolute atomic E-state index is 0.0406. The Morgan fingerprint density at radius 3 is 2.83 bits per heavy atom. The molecule has 0 bridgehead atoms. The average molecular weight is 482 g/mol. The Balaban J connectivity index is 1.27. The summed E-state index contributed by atoms with van der Waals surface area (Å²) in [4.78, 5) is 23.0.